The van der Waals surface area contributed by atoms with Crippen LogP contribution >= 0.6 is 0 Å². The summed E-state index contributed by atoms with van der Waals surface area (Å²) in [5.41, 5.74) is -1.15. The Morgan fingerprint density at radius 2 is 1.81 bits per heavy atom. The molecule has 1 fully saturated rings. The second-order valence-electron chi connectivity index (χ2n) is 9.96. The van der Waals surface area contributed by atoms with Gasteiger partial charge in [0.05, 0.1) is 23.1 Å². The highest BCUT2D eigenvalue weighted by Crippen LogP contribution is 2.31. The molecule has 0 bridgehead atoms. The molecule has 1 aliphatic carbocycles. The molecule has 0 unspecified atom stereocenters. The van der Waals surface area contributed by atoms with E-state index in [4.69, 9.17) is 0 Å². The van der Waals surface area contributed by atoms with Crippen LogP contribution in [-0.4, -0.2) is 67.3 Å². The zero-order valence-electron chi connectivity index (χ0n) is 21.6. The summed E-state index contributed by atoms with van der Waals surface area (Å²) in [5.74, 6) is -1.64. The van der Waals surface area contributed by atoms with Gasteiger partial charge in [0.2, 0.25) is 5.91 Å². The first kappa shape index (κ1) is 30.1. The molecule has 3 atom stereocenters. The van der Waals surface area contributed by atoms with Crippen LogP contribution in [0.3, 0.4) is 0 Å². The van der Waals surface area contributed by atoms with E-state index in [9.17, 15) is 31.2 Å². The maximum Gasteiger partial charge on any atom is 0.416 e. The lowest BCUT2D eigenvalue weighted by Gasteiger charge is -2.43. The highest BCUT2D eigenvalue weighted by Gasteiger charge is 2.37. The molecule has 1 aliphatic rings. The number of carbonyl (C=O) groups is 2. The van der Waals surface area contributed by atoms with Gasteiger partial charge in [-0.15, -0.1) is 0 Å². The fourth-order valence-corrected chi connectivity index (χ4v) is 6.16. The lowest BCUT2D eigenvalue weighted by molar-refractivity contribution is -0.137. The smallest absolute Gasteiger partial charge is 0.352 e. The standard InChI is InChI=1S/C25H38F3N3O4S/c1-6-31(16(2)3)21-10-11-22(19(13-21)15-36(34,35)17(4)5)30-23(32)14-29-24(33)18-8-7-9-20(12-18)25(26,27)28/h7-9,12,16-17,19,21-22H,6,10-11,13-15H2,1-5H3,(H,29,33)(H,30,32)/t19-,21+,22-/m0/s1. The van der Waals surface area contributed by atoms with Gasteiger partial charge in [0.15, 0.2) is 9.84 Å². The molecule has 1 aromatic carbocycles. The average molecular weight is 534 g/mol. The van der Waals surface area contributed by atoms with Crippen LogP contribution in [0.4, 0.5) is 13.2 Å². The van der Waals surface area contributed by atoms with Crippen molar-refractivity contribution < 1.29 is 31.2 Å². The molecule has 0 heterocycles. The largest absolute Gasteiger partial charge is 0.416 e. The Hall–Kier alpha value is -2.14. The highest BCUT2D eigenvalue weighted by atomic mass is 32.2. The third-order valence-corrected chi connectivity index (χ3v) is 9.15. The summed E-state index contributed by atoms with van der Waals surface area (Å²) in [4.78, 5) is 27.3. The van der Waals surface area contributed by atoms with Crippen molar-refractivity contribution >= 4 is 21.7 Å². The van der Waals surface area contributed by atoms with E-state index >= 15 is 0 Å². The van der Waals surface area contributed by atoms with Gasteiger partial charge in [0.1, 0.15) is 0 Å². The Kier molecular flexibility index (Phi) is 10.4. The zero-order chi connectivity index (χ0) is 27.3. The molecule has 2 rings (SSSR count). The van der Waals surface area contributed by atoms with Gasteiger partial charge in [-0.1, -0.05) is 13.0 Å². The second kappa shape index (κ2) is 12.4. The van der Waals surface area contributed by atoms with Crippen molar-refractivity contribution in [3.63, 3.8) is 0 Å². The van der Waals surface area contributed by atoms with E-state index in [1.165, 1.54) is 6.07 Å². The maximum absolute atomic E-state index is 12.9. The van der Waals surface area contributed by atoms with E-state index < -0.39 is 45.2 Å². The minimum Gasteiger partial charge on any atom is -0.352 e. The monoisotopic (exact) mass is 533 g/mol. The number of hydrogen-bond acceptors (Lipinski definition) is 5. The second-order valence-corrected chi connectivity index (χ2v) is 12.6. The normalized spacial score (nSPS) is 21.1. The first-order valence-corrected chi connectivity index (χ1v) is 14.1. The molecular formula is C25H38F3N3O4S. The summed E-state index contributed by atoms with van der Waals surface area (Å²) < 4.78 is 64.2. The fraction of sp³-hybridized carbons (Fsp3) is 0.680. The molecule has 1 aromatic rings. The number of hydrogen-bond donors (Lipinski definition) is 2. The van der Waals surface area contributed by atoms with Crippen LogP contribution in [0.2, 0.25) is 0 Å². The summed E-state index contributed by atoms with van der Waals surface area (Å²) in [5, 5.41) is 4.68. The van der Waals surface area contributed by atoms with Gasteiger partial charge in [-0.05, 0) is 77.6 Å². The van der Waals surface area contributed by atoms with Crippen molar-refractivity contribution in [2.24, 2.45) is 5.92 Å². The van der Waals surface area contributed by atoms with Crippen molar-refractivity contribution in [3.05, 3.63) is 35.4 Å². The van der Waals surface area contributed by atoms with E-state index in [1.54, 1.807) is 13.8 Å². The van der Waals surface area contributed by atoms with Gasteiger partial charge in [-0.25, -0.2) is 8.42 Å². The lowest BCUT2D eigenvalue weighted by Crippen LogP contribution is -2.53. The Morgan fingerprint density at radius 1 is 1.14 bits per heavy atom. The first-order chi connectivity index (χ1) is 16.7. The van der Waals surface area contributed by atoms with Crippen molar-refractivity contribution in [1.82, 2.24) is 15.5 Å². The van der Waals surface area contributed by atoms with Gasteiger partial charge in [-0.3, -0.25) is 14.5 Å². The van der Waals surface area contributed by atoms with Crippen molar-refractivity contribution in [3.8, 4) is 0 Å². The van der Waals surface area contributed by atoms with Crippen LogP contribution < -0.4 is 10.6 Å². The number of carbonyl (C=O) groups excluding carboxylic acids is 2. The van der Waals surface area contributed by atoms with Crippen molar-refractivity contribution in [2.75, 3.05) is 18.8 Å². The lowest BCUT2D eigenvalue weighted by atomic mass is 9.81. The maximum atomic E-state index is 12.9. The number of alkyl halides is 3. The third kappa shape index (κ3) is 8.19. The molecule has 0 saturated heterocycles. The van der Waals surface area contributed by atoms with Gasteiger partial charge in [0.25, 0.3) is 5.91 Å². The molecule has 2 N–H and O–H groups in total. The molecule has 0 aliphatic heterocycles. The molecule has 204 valence electrons. The molecule has 2 amide bonds. The molecule has 11 heteroatoms. The summed E-state index contributed by atoms with van der Waals surface area (Å²) in [6, 6.07) is 4.10. The molecule has 0 spiro atoms. The highest BCUT2D eigenvalue weighted by molar-refractivity contribution is 7.91. The first-order valence-electron chi connectivity index (χ1n) is 12.4. The SMILES string of the molecule is CCN(C(C)C)[C@@H]1CC[C@H](NC(=O)CNC(=O)c2cccc(C(F)(F)F)c2)[C@H](CS(=O)(=O)C(C)C)C1. The van der Waals surface area contributed by atoms with E-state index in [1.807, 2.05) is 0 Å². The molecule has 0 aromatic heterocycles. The minimum atomic E-state index is -4.58. The Labute approximate surface area is 212 Å². The molecule has 0 radical (unpaired) electrons. The van der Waals surface area contributed by atoms with Gasteiger partial charge < -0.3 is 10.6 Å². The van der Waals surface area contributed by atoms with Crippen LogP contribution in [0.15, 0.2) is 24.3 Å². The Bertz CT molecular complexity index is 1010. The third-order valence-electron chi connectivity index (χ3n) is 6.82. The van der Waals surface area contributed by atoms with Crippen LogP contribution in [0.25, 0.3) is 0 Å². The summed E-state index contributed by atoms with van der Waals surface area (Å²) >= 11 is 0. The number of amides is 2. The number of sulfone groups is 1. The minimum absolute atomic E-state index is 0.0433. The number of nitrogens with zero attached hydrogens (tertiary/aromatic N) is 1. The molecule has 36 heavy (non-hydrogen) atoms. The van der Waals surface area contributed by atoms with Gasteiger partial charge in [-0.2, -0.15) is 13.2 Å². The number of benzene rings is 1. The van der Waals surface area contributed by atoms with Crippen molar-refractivity contribution in [2.45, 2.75) is 83.4 Å². The number of rotatable bonds is 10. The number of nitrogens with one attached hydrogen (secondary N) is 2. The predicted molar refractivity (Wildman–Crippen MR) is 133 cm³/mol. The Balaban J connectivity index is 2.07. The fourth-order valence-electron chi connectivity index (χ4n) is 4.81. The van der Waals surface area contributed by atoms with Crippen LogP contribution in [0, 0.1) is 5.92 Å². The van der Waals surface area contributed by atoms with Crippen LogP contribution in [0.1, 0.15) is 69.8 Å². The average Bonchev–Trinajstić information content (AvgIpc) is 2.78. The van der Waals surface area contributed by atoms with E-state index in [-0.39, 0.29) is 29.3 Å². The van der Waals surface area contributed by atoms with E-state index in [0.717, 1.165) is 31.2 Å². The van der Waals surface area contributed by atoms with Gasteiger partial charge >= 0.3 is 6.18 Å². The molecule has 1 saturated carbocycles. The van der Waals surface area contributed by atoms with E-state index in [2.05, 4.69) is 36.3 Å². The van der Waals surface area contributed by atoms with E-state index in [0.29, 0.717) is 18.9 Å². The van der Waals surface area contributed by atoms with Crippen LogP contribution in [-0.2, 0) is 20.8 Å². The predicted octanol–water partition coefficient (Wildman–Crippen LogP) is 3.64. The molecular weight excluding hydrogens is 495 g/mol. The summed E-state index contributed by atoms with van der Waals surface area (Å²) in [7, 11) is -3.35. The molecule has 7 nitrogen and oxygen atoms in total. The Morgan fingerprint density at radius 3 is 2.36 bits per heavy atom. The van der Waals surface area contributed by atoms with Crippen LogP contribution in [0.5, 0.6) is 0 Å². The topological polar surface area (TPSA) is 95.6 Å². The zero-order valence-corrected chi connectivity index (χ0v) is 22.4. The van der Waals surface area contributed by atoms with Gasteiger partial charge in [0, 0.05) is 23.7 Å². The number of halogens is 3. The summed E-state index contributed by atoms with van der Waals surface area (Å²) in [6.07, 6.45) is -2.56. The summed E-state index contributed by atoms with van der Waals surface area (Å²) in [6.45, 7) is 9.96. The van der Waals surface area contributed by atoms with Crippen molar-refractivity contribution in [1.29, 1.82) is 0 Å². The quantitative estimate of drug-likeness (QED) is 0.479.